The molecule has 2 rings (SSSR count). The van der Waals surface area contributed by atoms with E-state index in [9.17, 15) is 14.4 Å². The maximum absolute atomic E-state index is 12.0. The Morgan fingerprint density at radius 1 is 1.21 bits per heavy atom. The Kier molecular flexibility index (Phi) is 5.92. The van der Waals surface area contributed by atoms with E-state index in [2.05, 4.69) is 5.32 Å². The SMILES string of the molecule is CC(C)C[C@H](NC(=O)[C@H]1O[C@@H]1C(=O)OCc1ccccc1)C(=O)O. The first kappa shape index (κ1) is 17.9. The zero-order valence-corrected chi connectivity index (χ0v) is 13.6. The number of ether oxygens (including phenoxy) is 2. The Morgan fingerprint density at radius 2 is 1.88 bits per heavy atom. The minimum Gasteiger partial charge on any atom is -0.480 e. The number of amides is 1. The molecular weight excluding hydrogens is 314 g/mol. The van der Waals surface area contributed by atoms with Gasteiger partial charge in [0.15, 0.2) is 12.2 Å². The van der Waals surface area contributed by atoms with E-state index in [1.165, 1.54) is 0 Å². The van der Waals surface area contributed by atoms with Gasteiger partial charge < -0.3 is 19.9 Å². The quantitative estimate of drug-likeness (QED) is 0.545. The molecule has 7 nitrogen and oxygen atoms in total. The summed E-state index contributed by atoms with van der Waals surface area (Å²) >= 11 is 0. The molecule has 0 unspecified atom stereocenters. The van der Waals surface area contributed by atoms with Gasteiger partial charge in [-0.2, -0.15) is 0 Å². The summed E-state index contributed by atoms with van der Waals surface area (Å²) in [6.07, 6.45) is -1.65. The standard InChI is InChI=1S/C17H21NO6/c1-10(2)8-12(16(20)21)18-15(19)13-14(24-13)17(22)23-9-11-6-4-3-5-7-11/h3-7,10,12-14H,8-9H2,1-2H3,(H,18,19)(H,20,21)/t12-,13-,14-/m0/s1. The molecule has 7 heteroatoms. The lowest BCUT2D eigenvalue weighted by Crippen LogP contribution is -2.44. The van der Waals surface area contributed by atoms with Crippen molar-refractivity contribution in [3.8, 4) is 0 Å². The van der Waals surface area contributed by atoms with E-state index in [-0.39, 0.29) is 12.5 Å². The summed E-state index contributed by atoms with van der Waals surface area (Å²) in [6, 6.07) is 8.14. The Morgan fingerprint density at radius 3 is 2.46 bits per heavy atom. The maximum Gasteiger partial charge on any atom is 0.338 e. The molecule has 0 spiro atoms. The highest BCUT2D eigenvalue weighted by molar-refractivity contribution is 5.94. The van der Waals surface area contributed by atoms with Crippen LogP contribution >= 0.6 is 0 Å². The number of carboxylic acids is 1. The highest BCUT2D eigenvalue weighted by Gasteiger charge is 2.52. The highest BCUT2D eigenvalue weighted by Crippen LogP contribution is 2.24. The number of epoxide rings is 1. The monoisotopic (exact) mass is 335 g/mol. The largest absolute Gasteiger partial charge is 0.480 e. The first-order valence-electron chi connectivity index (χ1n) is 7.77. The van der Waals surface area contributed by atoms with Crippen molar-refractivity contribution in [1.29, 1.82) is 0 Å². The molecule has 24 heavy (non-hydrogen) atoms. The first-order chi connectivity index (χ1) is 11.4. The lowest BCUT2D eigenvalue weighted by molar-refractivity contribution is -0.146. The Hall–Kier alpha value is -2.41. The van der Waals surface area contributed by atoms with Crippen LogP contribution in [0.2, 0.25) is 0 Å². The van der Waals surface area contributed by atoms with Crippen LogP contribution in [0.5, 0.6) is 0 Å². The molecule has 0 saturated carbocycles. The molecule has 3 atom stereocenters. The van der Waals surface area contributed by atoms with E-state index in [1.807, 2.05) is 44.2 Å². The molecule has 2 N–H and O–H groups in total. The molecule has 0 aromatic heterocycles. The van der Waals surface area contributed by atoms with Gasteiger partial charge >= 0.3 is 11.9 Å². The molecule has 1 aromatic carbocycles. The molecule has 1 aromatic rings. The third-order valence-electron chi connectivity index (χ3n) is 3.53. The number of benzene rings is 1. The third kappa shape index (κ3) is 5.06. The zero-order valence-electron chi connectivity index (χ0n) is 13.6. The summed E-state index contributed by atoms with van der Waals surface area (Å²) in [7, 11) is 0. The number of carbonyl (C=O) groups excluding carboxylic acids is 2. The summed E-state index contributed by atoms with van der Waals surface area (Å²) in [4.78, 5) is 35.0. The summed E-state index contributed by atoms with van der Waals surface area (Å²) in [6.45, 7) is 3.82. The van der Waals surface area contributed by atoms with Crippen molar-refractivity contribution >= 4 is 17.8 Å². The van der Waals surface area contributed by atoms with Gasteiger partial charge in [-0.05, 0) is 17.9 Å². The molecule has 1 heterocycles. The van der Waals surface area contributed by atoms with E-state index in [1.54, 1.807) is 0 Å². The van der Waals surface area contributed by atoms with Crippen LogP contribution < -0.4 is 5.32 Å². The van der Waals surface area contributed by atoms with Crippen LogP contribution in [-0.2, 0) is 30.5 Å². The fourth-order valence-electron chi connectivity index (χ4n) is 2.25. The Labute approximate surface area is 139 Å². The number of aliphatic carboxylic acids is 1. The average molecular weight is 335 g/mol. The normalized spacial score (nSPS) is 20.3. The van der Waals surface area contributed by atoms with Gasteiger partial charge in [0.1, 0.15) is 12.6 Å². The van der Waals surface area contributed by atoms with Crippen LogP contribution in [0.25, 0.3) is 0 Å². The van der Waals surface area contributed by atoms with Crippen LogP contribution in [-0.4, -0.2) is 41.2 Å². The number of nitrogens with one attached hydrogen (secondary N) is 1. The van der Waals surface area contributed by atoms with E-state index in [0.717, 1.165) is 5.56 Å². The summed E-state index contributed by atoms with van der Waals surface area (Å²) in [5.74, 6) is -2.24. The minimum absolute atomic E-state index is 0.0962. The van der Waals surface area contributed by atoms with Crippen LogP contribution in [0.3, 0.4) is 0 Å². The van der Waals surface area contributed by atoms with E-state index < -0.39 is 36.1 Å². The topological polar surface area (TPSA) is 105 Å². The molecule has 1 amide bonds. The molecule has 0 bridgehead atoms. The molecule has 1 aliphatic heterocycles. The number of hydrogen-bond acceptors (Lipinski definition) is 5. The molecule has 0 radical (unpaired) electrons. The van der Waals surface area contributed by atoms with Crippen molar-refractivity contribution in [2.75, 3.05) is 0 Å². The van der Waals surface area contributed by atoms with Crippen molar-refractivity contribution in [2.24, 2.45) is 5.92 Å². The summed E-state index contributed by atoms with van der Waals surface area (Å²) in [5.41, 5.74) is 0.829. The van der Waals surface area contributed by atoms with Gasteiger partial charge in [-0.1, -0.05) is 44.2 Å². The van der Waals surface area contributed by atoms with Gasteiger partial charge in [0.05, 0.1) is 0 Å². The highest BCUT2D eigenvalue weighted by atomic mass is 16.6. The number of hydrogen-bond donors (Lipinski definition) is 2. The number of carbonyl (C=O) groups is 3. The number of esters is 1. The molecule has 130 valence electrons. The fourth-order valence-corrected chi connectivity index (χ4v) is 2.25. The fraction of sp³-hybridized carbons (Fsp3) is 0.471. The average Bonchev–Trinajstić information content (AvgIpc) is 3.33. The van der Waals surface area contributed by atoms with E-state index >= 15 is 0 Å². The van der Waals surface area contributed by atoms with Crippen molar-refractivity contribution in [3.05, 3.63) is 35.9 Å². The summed E-state index contributed by atoms with van der Waals surface area (Å²) in [5, 5.41) is 11.5. The molecule has 1 fully saturated rings. The van der Waals surface area contributed by atoms with Gasteiger partial charge in [-0.3, -0.25) is 4.79 Å². The van der Waals surface area contributed by atoms with Gasteiger partial charge in [-0.25, -0.2) is 9.59 Å². The van der Waals surface area contributed by atoms with Gasteiger partial charge in [0, 0.05) is 0 Å². The van der Waals surface area contributed by atoms with E-state index in [4.69, 9.17) is 14.6 Å². The van der Waals surface area contributed by atoms with Crippen LogP contribution in [0.1, 0.15) is 25.8 Å². The van der Waals surface area contributed by atoms with Crippen LogP contribution in [0, 0.1) is 5.92 Å². The molecule has 1 aliphatic rings. The second-order valence-electron chi connectivity index (χ2n) is 6.10. The molecular formula is C17H21NO6. The number of rotatable bonds is 8. The predicted octanol–water partition coefficient (Wildman–Crippen LogP) is 1.11. The second kappa shape index (κ2) is 7.92. The lowest BCUT2D eigenvalue weighted by Gasteiger charge is -2.15. The molecule has 0 aliphatic carbocycles. The van der Waals surface area contributed by atoms with E-state index in [0.29, 0.717) is 6.42 Å². The van der Waals surface area contributed by atoms with Crippen molar-refractivity contribution < 1.29 is 29.0 Å². The van der Waals surface area contributed by atoms with Gasteiger partial charge in [0.25, 0.3) is 5.91 Å². The Balaban J connectivity index is 1.79. The number of carboxylic acid groups (broad SMARTS) is 1. The summed E-state index contributed by atoms with van der Waals surface area (Å²) < 4.78 is 10.1. The Bertz CT molecular complexity index is 600. The van der Waals surface area contributed by atoms with Crippen LogP contribution in [0.4, 0.5) is 0 Å². The smallest absolute Gasteiger partial charge is 0.338 e. The predicted molar refractivity (Wildman–Crippen MR) is 83.9 cm³/mol. The molecule has 1 saturated heterocycles. The van der Waals surface area contributed by atoms with Crippen LogP contribution in [0.15, 0.2) is 30.3 Å². The van der Waals surface area contributed by atoms with Crippen molar-refractivity contribution in [3.63, 3.8) is 0 Å². The van der Waals surface area contributed by atoms with Gasteiger partial charge in [0.2, 0.25) is 0 Å². The third-order valence-corrected chi connectivity index (χ3v) is 3.53. The first-order valence-corrected chi connectivity index (χ1v) is 7.77. The minimum atomic E-state index is -1.11. The van der Waals surface area contributed by atoms with Crippen molar-refractivity contribution in [2.45, 2.75) is 45.1 Å². The maximum atomic E-state index is 12.0. The van der Waals surface area contributed by atoms with Crippen molar-refractivity contribution in [1.82, 2.24) is 5.32 Å². The lowest BCUT2D eigenvalue weighted by atomic mass is 10.0. The zero-order chi connectivity index (χ0) is 17.7. The van der Waals surface area contributed by atoms with Gasteiger partial charge in [-0.15, -0.1) is 0 Å². The second-order valence-corrected chi connectivity index (χ2v) is 6.10.